The summed E-state index contributed by atoms with van der Waals surface area (Å²) in [6.45, 7) is 1.50. The first kappa shape index (κ1) is 22.0. The summed E-state index contributed by atoms with van der Waals surface area (Å²) in [5.74, 6) is -2.06. The van der Waals surface area contributed by atoms with Gasteiger partial charge in [0.15, 0.2) is 11.6 Å². The second kappa shape index (κ2) is 9.25. The number of nitrogens with one attached hydrogen (secondary N) is 2. The highest BCUT2D eigenvalue weighted by Crippen LogP contribution is 2.38. The van der Waals surface area contributed by atoms with Crippen molar-refractivity contribution >= 4 is 24.0 Å². The SMILES string of the molecule is Cl.O=C(Nc1ccc(Oc2ccccc2C(F)(F)F)c(F)c1)C1CCNCC1. The minimum absolute atomic E-state index is 0. The van der Waals surface area contributed by atoms with Gasteiger partial charge in [0.25, 0.3) is 0 Å². The number of anilines is 1. The Morgan fingerprint density at radius 1 is 1.07 bits per heavy atom. The number of hydrogen-bond donors (Lipinski definition) is 2. The number of rotatable bonds is 4. The smallest absolute Gasteiger partial charge is 0.419 e. The summed E-state index contributed by atoms with van der Waals surface area (Å²) < 4.78 is 58.4. The van der Waals surface area contributed by atoms with Crippen LogP contribution in [-0.4, -0.2) is 19.0 Å². The molecule has 0 spiro atoms. The molecule has 1 fully saturated rings. The molecule has 152 valence electrons. The third-order valence-corrected chi connectivity index (χ3v) is 4.32. The molecule has 4 nitrogen and oxygen atoms in total. The third kappa shape index (κ3) is 5.36. The molecule has 1 aliphatic heterocycles. The van der Waals surface area contributed by atoms with Gasteiger partial charge in [0, 0.05) is 17.7 Å². The van der Waals surface area contributed by atoms with Crippen LogP contribution in [0.2, 0.25) is 0 Å². The molecule has 2 aromatic carbocycles. The molecule has 28 heavy (non-hydrogen) atoms. The number of benzene rings is 2. The minimum atomic E-state index is -4.62. The molecule has 0 atom stereocenters. The lowest BCUT2D eigenvalue weighted by molar-refractivity contribution is -0.138. The van der Waals surface area contributed by atoms with E-state index in [1.165, 1.54) is 24.3 Å². The molecule has 1 saturated heterocycles. The summed E-state index contributed by atoms with van der Waals surface area (Å²) in [7, 11) is 0. The van der Waals surface area contributed by atoms with E-state index in [1.54, 1.807) is 0 Å². The number of piperidine rings is 1. The number of halogens is 5. The van der Waals surface area contributed by atoms with Crippen molar-refractivity contribution in [2.75, 3.05) is 18.4 Å². The predicted octanol–water partition coefficient (Wildman–Crippen LogP) is 5.00. The van der Waals surface area contributed by atoms with E-state index >= 15 is 0 Å². The van der Waals surface area contributed by atoms with E-state index in [1.807, 2.05) is 0 Å². The summed E-state index contributed by atoms with van der Waals surface area (Å²) in [5.41, 5.74) is -0.764. The second-order valence-electron chi connectivity index (χ2n) is 6.25. The highest BCUT2D eigenvalue weighted by atomic mass is 35.5. The number of amides is 1. The van der Waals surface area contributed by atoms with Crippen molar-refractivity contribution in [2.45, 2.75) is 19.0 Å². The Hall–Kier alpha value is -2.32. The van der Waals surface area contributed by atoms with Crippen LogP contribution in [-0.2, 0) is 11.0 Å². The van der Waals surface area contributed by atoms with Crippen molar-refractivity contribution in [1.82, 2.24) is 5.32 Å². The van der Waals surface area contributed by atoms with Crippen LogP contribution in [0.3, 0.4) is 0 Å². The fourth-order valence-electron chi connectivity index (χ4n) is 2.90. The number of carbonyl (C=O) groups is 1. The highest BCUT2D eigenvalue weighted by molar-refractivity contribution is 5.92. The maximum atomic E-state index is 14.3. The van der Waals surface area contributed by atoms with Gasteiger partial charge in [-0.1, -0.05) is 12.1 Å². The van der Waals surface area contributed by atoms with Crippen LogP contribution < -0.4 is 15.4 Å². The van der Waals surface area contributed by atoms with E-state index in [2.05, 4.69) is 10.6 Å². The zero-order chi connectivity index (χ0) is 19.4. The van der Waals surface area contributed by atoms with Gasteiger partial charge in [-0.15, -0.1) is 12.4 Å². The van der Waals surface area contributed by atoms with E-state index in [9.17, 15) is 22.4 Å². The maximum absolute atomic E-state index is 14.3. The molecule has 0 bridgehead atoms. The number of para-hydroxylation sites is 1. The molecule has 0 unspecified atom stereocenters. The first-order valence-electron chi connectivity index (χ1n) is 8.50. The molecule has 0 aliphatic carbocycles. The molecular formula is C19H19ClF4N2O2. The van der Waals surface area contributed by atoms with Crippen molar-refractivity contribution in [3.63, 3.8) is 0 Å². The van der Waals surface area contributed by atoms with Gasteiger partial charge in [-0.3, -0.25) is 4.79 Å². The van der Waals surface area contributed by atoms with E-state index in [0.29, 0.717) is 12.8 Å². The average Bonchev–Trinajstić information content (AvgIpc) is 2.64. The summed E-state index contributed by atoms with van der Waals surface area (Å²) in [5, 5.41) is 5.79. The minimum Gasteiger partial charge on any atom is -0.454 e. The molecule has 0 saturated carbocycles. The van der Waals surface area contributed by atoms with Gasteiger partial charge in [0.2, 0.25) is 5.91 Å². The van der Waals surface area contributed by atoms with Crippen molar-refractivity contribution in [1.29, 1.82) is 0 Å². The molecule has 1 heterocycles. The summed E-state index contributed by atoms with van der Waals surface area (Å²) in [6, 6.07) is 8.20. The first-order chi connectivity index (χ1) is 12.8. The molecule has 2 aromatic rings. The fraction of sp³-hybridized carbons (Fsp3) is 0.316. The molecule has 0 radical (unpaired) electrons. The van der Waals surface area contributed by atoms with Crippen molar-refractivity contribution in [2.24, 2.45) is 5.92 Å². The Morgan fingerprint density at radius 2 is 1.75 bits per heavy atom. The molecule has 9 heteroatoms. The maximum Gasteiger partial charge on any atom is 0.419 e. The van der Waals surface area contributed by atoms with Crippen molar-refractivity contribution < 1.29 is 27.1 Å². The molecular weight excluding hydrogens is 400 g/mol. The standard InChI is InChI=1S/C19H18F4N2O2.ClH/c20-15-11-13(25-18(26)12-7-9-24-10-8-12)5-6-17(15)27-16-4-2-1-3-14(16)19(21,22)23;/h1-6,11-12,24H,7-10H2,(H,25,26);1H. The van der Waals surface area contributed by atoms with Gasteiger partial charge in [-0.05, 0) is 50.2 Å². The average molecular weight is 419 g/mol. The number of carbonyl (C=O) groups excluding carboxylic acids is 1. The Morgan fingerprint density at radius 3 is 2.39 bits per heavy atom. The van der Waals surface area contributed by atoms with E-state index in [-0.39, 0.29) is 35.7 Å². The van der Waals surface area contributed by atoms with Crippen molar-refractivity contribution in [3.8, 4) is 11.5 Å². The number of alkyl halides is 3. The van der Waals surface area contributed by atoms with Gasteiger partial charge in [0.1, 0.15) is 5.75 Å². The zero-order valence-electron chi connectivity index (χ0n) is 14.7. The second-order valence-corrected chi connectivity index (χ2v) is 6.25. The van der Waals surface area contributed by atoms with Gasteiger partial charge in [-0.2, -0.15) is 13.2 Å². The van der Waals surface area contributed by atoms with Gasteiger partial charge in [0.05, 0.1) is 5.56 Å². The summed E-state index contributed by atoms with van der Waals surface area (Å²) in [6.07, 6.45) is -3.22. The van der Waals surface area contributed by atoms with Crippen LogP contribution in [0.15, 0.2) is 42.5 Å². The quantitative estimate of drug-likeness (QED) is 0.687. The zero-order valence-corrected chi connectivity index (χ0v) is 15.5. The topological polar surface area (TPSA) is 50.4 Å². The largest absolute Gasteiger partial charge is 0.454 e. The Kier molecular flexibility index (Phi) is 7.26. The molecule has 1 aliphatic rings. The Balaban J connectivity index is 0.00000280. The fourth-order valence-corrected chi connectivity index (χ4v) is 2.90. The van der Waals surface area contributed by atoms with Crippen LogP contribution in [0.25, 0.3) is 0 Å². The highest BCUT2D eigenvalue weighted by Gasteiger charge is 2.34. The molecule has 2 N–H and O–H groups in total. The van der Waals surface area contributed by atoms with Gasteiger partial charge in [-0.25, -0.2) is 4.39 Å². The van der Waals surface area contributed by atoms with E-state index in [0.717, 1.165) is 31.3 Å². The predicted molar refractivity (Wildman–Crippen MR) is 99.4 cm³/mol. The van der Waals surface area contributed by atoms with Gasteiger partial charge < -0.3 is 15.4 Å². The lowest BCUT2D eigenvalue weighted by atomic mass is 9.97. The Labute approximate surface area is 165 Å². The van der Waals surface area contributed by atoms with Crippen LogP contribution in [0, 0.1) is 11.7 Å². The number of ether oxygens (including phenoxy) is 1. The summed E-state index contributed by atoms with van der Waals surface area (Å²) >= 11 is 0. The monoisotopic (exact) mass is 418 g/mol. The summed E-state index contributed by atoms with van der Waals surface area (Å²) in [4.78, 5) is 12.2. The lowest BCUT2D eigenvalue weighted by Gasteiger charge is -2.21. The third-order valence-electron chi connectivity index (χ3n) is 4.32. The molecule has 0 aromatic heterocycles. The van der Waals surface area contributed by atoms with E-state index < -0.39 is 23.3 Å². The molecule has 1 amide bonds. The van der Waals surface area contributed by atoms with Crippen molar-refractivity contribution in [3.05, 3.63) is 53.8 Å². The lowest BCUT2D eigenvalue weighted by Crippen LogP contribution is -2.34. The van der Waals surface area contributed by atoms with Crippen LogP contribution in [0.4, 0.5) is 23.2 Å². The van der Waals surface area contributed by atoms with Crippen LogP contribution >= 0.6 is 12.4 Å². The number of hydrogen-bond acceptors (Lipinski definition) is 3. The first-order valence-corrected chi connectivity index (χ1v) is 8.50. The van der Waals surface area contributed by atoms with E-state index in [4.69, 9.17) is 4.74 Å². The van der Waals surface area contributed by atoms with Crippen LogP contribution in [0.5, 0.6) is 11.5 Å². The van der Waals surface area contributed by atoms with Crippen LogP contribution in [0.1, 0.15) is 18.4 Å². The molecule has 3 rings (SSSR count). The van der Waals surface area contributed by atoms with Gasteiger partial charge >= 0.3 is 6.18 Å². The normalized spacial score (nSPS) is 14.9. The Bertz CT molecular complexity index is 824.